The first-order valence-electron chi connectivity index (χ1n) is 5.32. The van der Waals surface area contributed by atoms with Crippen molar-refractivity contribution in [2.45, 2.75) is 17.9 Å². The van der Waals surface area contributed by atoms with Crippen molar-refractivity contribution in [3.8, 4) is 0 Å². The van der Waals surface area contributed by atoms with E-state index in [0.717, 1.165) is 18.2 Å². The van der Waals surface area contributed by atoms with Gasteiger partial charge in [0.15, 0.2) is 0 Å². The molecule has 0 heterocycles. The fourth-order valence-corrected chi connectivity index (χ4v) is 3.49. The van der Waals surface area contributed by atoms with E-state index in [0.29, 0.717) is 5.75 Å². The monoisotopic (exact) mass is 307 g/mol. The van der Waals surface area contributed by atoms with Gasteiger partial charge >= 0.3 is 5.97 Å². The van der Waals surface area contributed by atoms with E-state index in [4.69, 9.17) is 5.11 Å². The Morgan fingerprint density at radius 1 is 1.53 bits per heavy atom. The fourth-order valence-electron chi connectivity index (χ4n) is 1.45. The van der Waals surface area contributed by atoms with Crippen molar-refractivity contribution in [3.05, 3.63) is 29.6 Å². The molecule has 0 bridgehead atoms. The maximum atomic E-state index is 13.5. The number of benzene rings is 1. The first-order chi connectivity index (χ1) is 8.77. The van der Waals surface area contributed by atoms with E-state index in [-0.39, 0.29) is 11.6 Å². The number of thioether (sulfide) groups is 1. The second-order valence-corrected chi connectivity index (χ2v) is 6.52. The number of carboxylic acids is 1. The van der Waals surface area contributed by atoms with Gasteiger partial charge in [-0.05, 0) is 31.4 Å². The molecule has 1 atom stereocenters. The number of hydrogen-bond donors (Lipinski definition) is 2. The largest absolute Gasteiger partial charge is 0.478 e. The Hall–Kier alpha value is -1.12. The number of aromatic carboxylic acids is 1. The molecule has 0 aliphatic rings. The zero-order chi connectivity index (χ0) is 14.6. The Balaban J connectivity index is 3.13. The second kappa shape index (κ2) is 6.36. The fraction of sp³-hybridized carbons (Fsp3) is 0.364. The lowest BCUT2D eigenvalue weighted by Crippen LogP contribution is -2.34. The minimum absolute atomic E-state index is 0.278. The molecule has 0 saturated carbocycles. The third-order valence-electron chi connectivity index (χ3n) is 2.24. The van der Waals surface area contributed by atoms with E-state index in [2.05, 4.69) is 4.72 Å². The summed E-state index contributed by atoms with van der Waals surface area (Å²) in [4.78, 5) is 10.1. The number of carbonyl (C=O) groups is 1. The lowest BCUT2D eigenvalue weighted by molar-refractivity contribution is 0.0696. The number of sulfonamides is 1. The molecule has 2 N–H and O–H groups in total. The summed E-state index contributed by atoms with van der Waals surface area (Å²) in [6.07, 6.45) is 1.82. The van der Waals surface area contributed by atoms with E-state index in [1.165, 1.54) is 11.8 Å². The zero-order valence-corrected chi connectivity index (χ0v) is 12.0. The molecule has 0 aliphatic carbocycles. The molecule has 1 unspecified atom stereocenters. The lowest BCUT2D eigenvalue weighted by atomic mass is 10.2. The van der Waals surface area contributed by atoms with Crippen LogP contribution in [0.5, 0.6) is 0 Å². The Kier molecular flexibility index (Phi) is 5.33. The molecule has 0 saturated heterocycles. The van der Waals surface area contributed by atoms with Gasteiger partial charge in [-0.3, -0.25) is 0 Å². The first-order valence-corrected chi connectivity index (χ1v) is 8.19. The number of rotatable bonds is 6. The van der Waals surface area contributed by atoms with Crippen LogP contribution in [-0.2, 0) is 10.0 Å². The maximum absolute atomic E-state index is 13.5. The van der Waals surface area contributed by atoms with E-state index in [1.54, 1.807) is 6.92 Å². The standard InChI is InChI=1S/C11H14FNO4S2/c1-7(6-18-2)13-19(16,17)10-5-8(11(14)15)3-4-9(10)12/h3-5,7,13H,6H2,1-2H3,(H,14,15). The van der Waals surface area contributed by atoms with E-state index < -0.39 is 26.7 Å². The van der Waals surface area contributed by atoms with Crippen LogP contribution in [0.4, 0.5) is 4.39 Å². The van der Waals surface area contributed by atoms with Gasteiger partial charge in [0, 0.05) is 11.8 Å². The third-order valence-corrected chi connectivity index (χ3v) is 4.68. The lowest BCUT2D eigenvalue weighted by Gasteiger charge is -2.13. The number of hydrogen-bond acceptors (Lipinski definition) is 4. The normalized spacial score (nSPS) is 13.2. The molecule has 106 valence electrons. The highest BCUT2D eigenvalue weighted by molar-refractivity contribution is 7.98. The van der Waals surface area contributed by atoms with Gasteiger partial charge in [-0.25, -0.2) is 22.3 Å². The summed E-state index contributed by atoms with van der Waals surface area (Å²) in [5, 5.41) is 8.79. The molecule has 0 amide bonds. The van der Waals surface area contributed by atoms with Crippen LogP contribution in [-0.4, -0.2) is 37.5 Å². The molecule has 0 aromatic heterocycles. The van der Waals surface area contributed by atoms with Gasteiger partial charge in [-0.15, -0.1) is 0 Å². The zero-order valence-electron chi connectivity index (χ0n) is 10.4. The topological polar surface area (TPSA) is 83.5 Å². The van der Waals surface area contributed by atoms with Crippen molar-refractivity contribution in [1.82, 2.24) is 4.72 Å². The summed E-state index contributed by atoms with van der Waals surface area (Å²) >= 11 is 1.44. The molecular weight excluding hydrogens is 293 g/mol. The van der Waals surface area contributed by atoms with Crippen LogP contribution in [0.3, 0.4) is 0 Å². The highest BCUT2D eigenvalue weighted by Crippen LogP contribution is 2.17. The summed E-state index contributed by atoms with van der Waals surface area (Å²) in [5.41, 5.74) is -0.278. The summed E-state index contributed by atoms with van der Waals surface area (Å²) < 4.78 is 39.8. The van der Waals surface area contributed by atoms with Crippen LogP contribution in [0.25, 0.3) is 0 Å². The van der Waals surface area contributed by atoms with Gasteiger partial charge in [0.2, 0.25) is 10.0 Å². The molecule has 0 radical (unpaired) electrons. The van der Waals surface area contributed by atoms with Crippen molar-refractivity contribution in [3.63, 3.8) is 0 Å². The van der Waals surface area contributed by atoms with Crippen LogP contribution >= 0.6 is 11.8 Å². The van der Waals surface area contributed by atoms with Gasteiger partial charge in [0.1, 0.15) is 10.7 Å². The number of halogens is 1. The SMILES string of the molecule is CSCC(C)NS(=O)(=O)c1cc(C(=O)O)ccc1F. The highest BCUT2D eigenvalue weighted by atomic mass is 32.2. The molecule has 1 rings (SSSR count). The van der Waals surface area contributed by atoms with Crippen LogP contribution in [0.15, 0.2) is 23.1 Å². The maximum Gasteiger partial charge on any atom is 0.335 e. The van der Waals surface area contributed by atoms with Crippen LogP contribution < -0.4 is 4.72 Å². The van der Waals surface area contributed by atoms with Gasteiger partial charge in [0.25, 0.3) is 0 Å². The Morgan fingerprint density at radius 2 is 2.16 bits per heavy atom. The molecule has 0 spiro atoms. The van der Waals surface area contributed by atoms with Crippen molar-refractivity contribution < 1.29 is 22.7 Å². The summed E-state index contributed by atoms with van der Waals surface area (Å²) in [6.45, 7) is 1.65. The number of carboxylic acid groups (broad SMARTS) is 1. The predicted octanol–water partition coefficient (Wildman–Crippen LogP) is 1.55. The Labute approximate surface area is 115 Å². The molecule has 0 aliphatic heterocycles. The van der Waals surface area contributed by atoms with Crippen molar-refractivity contribution in [1.29, 1.82) is 0 Å². The van der Waals surface area contributed by atoms with Gasteiger partial charge in [0.05, 0.1) is 5.56 Å². The van der Waals surface area contributed by atoms with E-state index in [9.17, 15) is 17.6 Å². The summed E-state index contributed by atoms with van der Waals surface area (Å²) in [7, 11) is -4.07. The Morgan fingerprint density at radius 3 is 2.68 bits per heavy atom. The van der Waals surface area contributed by atoms with Crippen LogP contribution in [0.2, 0.25) is 0 Å². The minimum atomic E-state index is -4.07. The number of nitrogens with one attached hydrogen (secondary N) is 1. The van der Waals surface area contributed by atoms with E-state index in [1.807, 2.05) is 6.26 Å². The molecule has 8 heteroatoms. The van der Waals surface area contributed by atoms with Crippen LogP contribution in [0.1, 0.15) is 17.3 Å². The molecule has 1 aromatic rings. The van der Waals surface area contributed by atoms with Crippen molar-refractivity contribution >= 4 is 27.8 Å². The predicted molar refractivity (Wildman–Crippen MR) is 71.5 cm³/mol. The minimum Gasteiger partial charge on any atom is -0.478 e. The van der Waals surface area contributed by atoms with Gasteiger partial charge < -0.3 is 5.11 Å². The Bertz CT molecular complexity index is 574. The van der Waals surface area contributed by atoms with Gasteiger partial charge in [-0.1, -0.05) is 0 Å². The smallest absolute Gasteiger partial charge is 0.335 e. The molecular formula is C11H14FNO4S2. The highest BCUT2D eigenvalue weighted by Gasteiger charge is 2.22. The third kappa shape index (κ3) is 4.19. The van der Waals surface area contributed by atoms with E-state index >= 15 is 0 Å². The van der Waals surface area contributed by atoms with Gasteiger partial charge in [-0.2, -0.15) is 11.8 Å². The first kappa shape index (κ1) is 15.9. The summed E-state index contributed by atoms with van der Waals surface area (Å²) in [6, 6.07) is 2.28. The summed E-state index contributed by atoms with van der Waals surface area (Å²) in [5.74, 6) is -1.76. The second-order valence-electron chi connectivity index (χ2n) is 3.93. The van der Waals surface area contributed by atoms with Crippen LogP contribution in [0, 0.1) is 5.82 Å². The average molecular weight is 307 g/mol. The molecule has 0 fully saturated rings. The quantitative estimate of drug-likeness (QED) is 0.833. The van der Waals surface area contributed by atoms with Crippen molar-refractivity contribution in [2.75, 3.05) is 12.0 Å². The van der Waals surface area contributed by atoms with Crippen molar-refractivity contribution in [2.24, 2.45) is 0 Å². The molecule has 1 aromatic carbocycles. The molecule has 19 heavy (non-hydrogen) atoms. The average Bonchev–Trinajstić information content (AvgIpc) is 2.28. The molecule has 5 nitrogen and oxygen atoms in total.